The normalized spacial score (nSPS) is 16.4. The summed E-state index contributed by atoms with van der Waals surface area (Å²) < 4.78 is 0. The van der Waals surface area contributed by atoms with Crippen molar-refractivity contribution in [1.29, 1.82) is 0 Å². The largest absolute Gasteiger partial charge is 0.391 e. The third-order valence-electron chi connectivity index (χ3n) is 4.67. The Morgan fingerprint density at radius 1 is 1.18 bits per heavy atom. The molecule has 0 unspecified atom stereocenters. The van der Waals surface area contributed by atoms with E-state index in [2.05, 4.69) is 39.5 Å². The molecule has 1 aliphatic rings. The zero-order valence-electron chi connectivity index (χ0n) is 15.4. The van der Waals surface area contributed by atoms with Gasteiger partial charge in [0.25, 0.3) is 5.91 Å². The molecule has 2 heterocycles. The summed E-state index contributed by atoms with van der Waals surface area (Å²) in [6, 6.07) is 6.56. The van der Waals surface area contributed by atoms with Gasteiger partial charge in [-0.1, -0.05) is 12.1 Å². The van der Waals surface area contributed by atoms with E-state index in [0.29, 0.717) is 26.2 Å². The summed E-state index contributed by atoms with van der Waals surface area (Å²) in [5, 5.41) is 20.8. The van der Waals surface area contributed by atoms with Crippen LogP contribution in [0, 0.1) is 0 Å². The first kappa shape index (κ1) is 20.1. The van der Waals surface area contributed by atoms with E-state index in [1.807, 2.05) is 6.20 Å². The highest BCUT2D eigenvalue weighted by Gasteiger charge is 2.29. The molecule has 28 heavy (non-hydrogen) atoms. The summed E-state index contributed by atoms with van der Waals surface area (Å²) in [5.74, 6) is -0.858. The summed E-state index contributed by atoms with van der Waals surface area (Å²) in [6.07, 6.45) is 0.712. The lowest BCUT2D eigenvalue weighted by atomic mass is 10.1. The number of thiazole rings is 1. The van der Waals surface area contributed by atoms with Crippen LogP contribution in [-0.2, 0) is 4.79 Å². The van der Waals surface area contributed by atoms with Gasteiger partial charge in [0.1, 0.15) is 6.04 Å². The minimum atomic E-state index is -1.21. The Labute approximate surface area is 166 Å². The highest BCUT2D eigenvalue weighted by molar-refractivity contribution is 7.13. The van der Waals surface area contributed by atoms with Gasteiger partial charge in [0.15, 0.2) is 0 Å². The third kappa shape index (κ3) is 4.58. The van der Waals surface area contributed by atoms with Crippen molar-refractivity contribution in [2.45, 2.75) is 19.1 Å². The Morgan fingerprint density at radius 2 is 1.86 bits per heavy atom. The molecule has 0 saturated carbocycles. The van der Waals surface area contributed by atoms with Crippen LogP contribution in [0.25, 0.3) is 10.4 Å². The average molecular weight is 405 g/mol. The number of aliphatic hydroxyl groups excluding tert-OH is 1. The Kier molecular flexibility index (Phi) is 6.45. The standard InChI is InChI=1S/C18H23N5O4S/c1-12(24)16(17(25)21-27)20-18(26)23-8-6-22(7-9-23)14-4-2-13(3-5-14)15-10-19-11-28-15/h2-5,10-12,16,24,27H,6-9H2,1H3,(H,20,26)(H,21,25)/t12-,16+/m0/s1. The van der Waals surface area contributed by atoms with Crippen molar-refractivity contribution in [3.8, 4) is 10.4 Å². The first-order valence-corrected chi connectivity index (χ1v) is 9.79. The van der Waals surface area contributed by atoms with Gasteiger partial charge in [-0.3, -0.25) is 15.0 Å². The van der Waals surface area contributed by atoms with Gasteiger partial charge in [-0.2, -0.15) is 0 Å². The van der Waals surface area contributed by atoms with Crippen LogP contribution in [0.5, 0.6) is 0 Å². The topological polar surface area (TPSA) is 118 Å². The molecular formula is C18H23N5O4S. The van der Waals surface area contributed by atoms with E-state index in [-0.39, 0.29) is 0 Å². The van der Waals surface area contributed by atoms with Gasteiger partial charge in [-0.15, -0.1) is 11.3 Å². The molecule has 4 N–H and O–H groups in total. The Balaban J connectivity index is 1.55. The number of carbonyl (C=O) groups excluding carboxylic acids is 2. The third-order valence-corrected chi connectivity index (χ3v) is 5.49. The van der Waals surface area contributed by atoms with Crippen LogP contribution in [0.1, 0.15) is 6.92 Å². The van der Waals surface area contributed by atoms with Crippen LogP contribution in [0.4, 0.5) is 10.5 Å². The van der Waals surface area contributed by atoms with Gasteiger partial charge in [-0.05, 0) is 24.6 Å². The molecule has 2 atom stereocenters. The van der Waals surface area contributed by atoms with E-state index in [1.165, 1.54) is 12.4 Å². The maximum Gasteiger partial charge on any atom is 0.318 e. The van der Waals surface area contributed by atoms with E-state index in [0.717, 1.165) is 16.1 Å². The lowest BCUT2D eigenvalue weighted by Gasteiger charge is -2.36. The molecule has 3 rings (SSSR count). The number of nitrogens with one attached hydrogen (secondary N) is 2. The van der Waals surface area contributed by atoms with E-state index in [9.17, 15) is 14.7 Å². The second-order valence-corrected chi connectivity index (χ2v) is 7.42. The molecule has 0 aliphatic carbocycles. The fraction of sp³-hybridized carbons (Fsp3) is 0.389. The molecule has 150 valence electrons. The number of rotatable bonds is 5. The maximum absolute atomic E-state index is 12.4. The van der Waals surface area contributed by atoms with Crippen LogP contribution in [0.2, 0.25) is 0 Å². The zero-order valence-corrected chi connectivity index (χ0v) is 16.2. The molecule has 0 spiro atoms. The Bertz CT molecular complexity index is 789. The minimum Gasteiger partial charge on any atom is -0.391 e. The van der Waals surface area contributed by atoms with Gasteiger partial charge >= 0.3 is 6.03 Å². The summed E-state index contributed by atoms with van der Waals surface area (Å²) in [7, 11) is 0. The Hall–Kier alpha value is -2.69. The predicted molar refractivity (Wildman–Crippen MR) is 105 cm³/mol. The van der Waals surface area contributed by atoms with Crippen molar-refractivity contribution in [2.75, 3.05) is 31.1 Å². The predicted octanol–water partition coefficient (Wildman–Crippen LogP) is 0.896. The number of nitrogens with zero attached hydrogens (tertiary/aromatic N) is 3. The molecule has 3 amide bonds. The van der Waals surface area contributed by atoms with E-state index < -0.39 is 24.1 Å². The fourth-order valence-electron chi connectivity index (χ4n) is 3.06. The van der Waals surface area contributed by atoms with Gasteiger partial charge in [0.2, 0.25) is 0 Å². The molecule has 1 saturated heterocycles. The first-order valence-electron chi connectivity index (χ1n) is 8.91. The van der Waals surface area contributed by atoms with E-state index in [1.54, 1.807) is 21.7 Å². The van der Waals surface area contributed by atoms with Crippen molar-refractivity contribution in [3.05, 3.63) is 36.0 Å². The molecule has 10 heteroatoms. The molecule has 1 aromatic carbocycles. The van der Waals surface area contributed by atoms with Crippen LogP contribution in [0.3, 0.4) is 0 Å². The number of piperazine rings is 1. The lowest BCUT2D eigenvalue weighted by molar-refractivity contribution is -0.133. The summed E-state index contributed by atoms with van der Waals surface area (Å²) in [6.45, 7) is 3.64. The summed E-state index contributed by atoms with van der Waals surface area (Å²) >= 11 is 1.59. The lowest BCUT2D eigenvalue weighted by Crippen LogP contribution is -2.58. The monoisotopic (exact) mass is 405 g/mol. The minimum absolute atomic E-state index is 0.449. The first-order chi connectivity index (χ1) is 13.5. The van der Waals surface area contributed by atoms with Gasteiger partial charge in [0.05, 0.1) is 16.5 Å². The number of urea groups is 1. The number of amides is 3. The molecule has 2 aromatic rings. The smallest absolute Gasteiger partial charge is 0.318 e. The molecule has 9 nitrogen and oxygen atoms in total. The summed E-state index contributed by atoms with van der Waals surface area (Å²) in [4.78, 5) is 32.9. The molecule has 1 aromatic heterocycles. The van der Waals surface area contributed by atoms with Crippen LogP contribution in [0.15, 0.2) is 36.0 Å². The molecular weight excluding hydrogens is 382 g/mol. The molecule has 1 fully saturated rings. The van der Waals surface area contributed by atoms with Crippen molar-refractivity contribution in [3.63, 3.8) is 0 Å². The second kappa shape index (κ2) is 9.00. The van der Waals surface area contributed by atoms with Gasteiger partial charge in [-0.25, -0.2) is 10.3 Å². The molecule has 0 bridgehead atoms. The quantitative estimate of drug-likeness (QED) is 0.434. The molecule has 0 radical (unpaired) electrons. The van der Waals surface area contributed by atoms with E-state index >= 15 is 0 Å². The van der Waals surface area contributed by atoms with Crippen LogP contribution in [-0.4, -0.2) is 70.5 Å². The highest BCUT2D eigenvalue weighted by atomic mass is 32.1. The van der Waals surface area contributed by atoms with Crippen molar-refractivity contribution < 1.29 is 19.9 Å². The van der Waals surface area contributed by atoms with Crippen molar-refractivity contribution >= 4 is 29.0 Å². The SMILES string of the molecule is C[C@H](O)[C@@H](NC(=O)N1CCN(c2ccc(-c3cncs3)cc2)CC1)C(=O)NO. The summed E-state index contributed by atoms with van der Waals surface area (Å²) in [5.41, 5.74) is 5.46. The van der Waals surface area contributed by atoms with Crippen LogP contribution >= 0.6 is 11.3 Å². The number of carbonyl (C=O) groups is 2. The number of aliphatic hydroxyl groups is 1. The second-order valence-electron chi connectivity index (χ2n) is 6.53. The maximum atomic E-state index is 12.4. The number of benzene rings is 1. The average Bonchev–Trinajstić information content (AvgIpc) is 3.26. The number of anilines is 1. The highest BCUT2D eigenvalue weighted by Crippen LogP contribution is 2.26. The number of aromatic nitrogens is 1. The van der Waals surface area contributed by atoms with E-state index in [4.69, 9.17) is 5.21 Å². The Morgan fingerprint density at radius 3 is 2.39 bits per heavy atom. The van der Waals surface area contributed by atoms with Crippen molar-refractivity contribution in [1.82, 2.24) is 20.7 Å². The zero-order chi connectivity index (χ0) is 20.1. The fourth-order valence-corrected chi connectivity index (χ4v) is 3.69. The van der Waals surface area contributed by atoms with Crippen LogP contribution < -0.4 is 15.7 Å². The van der Waals surface area contributed by atoms with Gasteiger partial charge < -0.3 is 20.2 Å². The number of hydrogen-bond donors (Lipinski definition) is 4. The number of hydrogen-bond acceptors (Lipinski definition) is 7. The van der Waals surface area contributed by atoms with Gasteiger partial charge in [0, 0.05) is 38.1 Å². The number of hydroxylamine groups is 1. The van der Waals surface area contributed by atoms with Crippen molar-refractivity contribution in [2.24, 2.45) is 0 Å². The molecule has 1 aliphatic heterocycles.